The molecule has 0 aromatic heterocycles. The quantitative estimate of drug-likeness (QED) is 0.620. The average molecular weight is 309 g/mol. The first-order chi connectivity index (χ1) is 8.84. The van der Waals surface area contributed by atoms with E-state index in [1.807, 2.05) is 6.26 Å². The Bertz CT molecular complexity index is 354. The van der Waals surface area contributed by atoms with Crippen LogP contribution in [0.15, 0.2) is 0 Å². The van der Waals surface area contributed by atoms with E-state index in [4.69, 9.17) is 26.4 Å². The van der Waals surface area contributed by atoms with Crippen LogP contribution < -0.4 is 5.32 Å². The van der Waals surface area contributed by atoms with Crippen molar-refractivity contribution in [1.29, 1.82) is 0 Å². The van der Waals surface area contributed by atoms with Gasteiger partial charge in [0.25, 0.3) is 0 Å². The highest BCUT2D eigenvalue weighted by atomic mass is 32.2. The topological polar surface area (TPSA) is 80.2 Å². The van der Waals surface area contributed by atoms with E-state index in [0.717, 1.165) is 0 Å². The van der Waals surface area contributed by atoms with Gasteiger partial charge in [0.05, 0.1) is 0 Å². The monoisotopic (exact) mass is 309 g/mol. The van der Waals surface area contributed by atoms with Gasteiger partial charge in [0.2, 0.25) is 0 Å². The Morgan fingerprint density at radius 3 is 2.74 bits per heavy atom. The minimum absolute atomic E-state index is 0.213. The zero-order valence-electron chi connectivity index (χ0n) is 11.0. The Morgan fingerprint density at radius 1 is 1.47 bits per heavy atom. The van der Waals surface area contributed by atoms with Crippen LogP contribution in [0.4, 0.5) is 0 Å². The molecule has 5 atom stereocenters. The summed E-state index contributed by atoms with van der Waals surface area (Å²) in [5.74, 6) is -0.773. The molecule has 0 saturated carbocycles. The molecule has 6 nitrogen and oxygen atoms in total. The molecule has 0 amide bonds. The van der Waals surface area contributed by atoms with Crippen LogP contribution in [-0.4, -0.2) is 63.8 Å². The molecule has 3 N–H and O–H groups in total. The van der Waals surface area contributed by atoms with Gasteiger partial charge in [-0.3, -0.25) is 0 Å². The molecule has 2 aliphatic heterocycles. The van der Waals surface area contributed by atoms with E-state index >= 15 is 0 Å². The third kappa shape index (κ3) is 3.38. The van der Waals surface area contributed by atoms with Crippen LogP contribution in [0.1, 0.15) is 13.8 Å². The second kappa shape index (κ2) is 5.80. The third-order valence-corrected chi connectivity index (χ3v) is 4.23. The number of nitrogens with one attached hydrogen (secondary N) is 1. The summed E-state index contributed by atoms with van der Waals surface area (Å²) in [5.41, 5.74) is 0. The minimum Gasteiger partial charge on any atom is -0.388 e. The lowest BCUT2D eigenvalue weighted by atomic mass is 10.1. The Morgan fingerprint density at radius 2 is 2.16 bits per heavy atom. The third-order valence-electron chi connectivity index (χ3n) is 3.07. The van der Waals surface area contributed by atoms with Gasteiger partial charge in [0, 0.05) is 6.54 Å². The SMILES string of the molecule is CSC(=S)NCC(O)C1OC2OC(C)(C)OC2C1O. The molecular formula is C11H19NO5S2. The number of fused-ring (bicyclic) bond motifs is 1. The van der Waals surface area contributed by atoms with Crippen LogP contribution in [0.3, 0.4) is 0 Å². The first kappa shape index (κ1) is 15.4. The van der Waals surface area contributed by atoms with Crippen molar-refractivity contribution in [3.8, 4) is 0 Å². The molecule has 2 heterocycles. The Labute approximate surface area is 121 Å². The molecule has 19 heavy (non-hydrogen) atoms. The summed E-state index contributed by atoms with van der Waals surface area (Å²) in [6.07, 6.45) is -1.92. The number of hydrogen-bond acceptors (Lipinski definition) is 7. The summed E-state index contributed by atoms with van der Waals surface area (Å²) >= 11 is 6.36. The van der Waals surface area contributed by atoms with Gasteiger partial charge in [0.15, 0.2) is 12.1 Å². The normalized spacial score (nSPS) is 37.9. The number of hydrogen-bond donors (Lipinski definition) is 3. The molecule has 0 aliphatic carbocycles. The maximum absolute atomic E-state index is 10.1. The molecule has 0 aromatic carbocycles. The van der Waals surface area contributed by atoms with Crippen molar-refractivity contribution >= 4 is 28.3 Å². The van der Waals surface area contributed by atoms with E-state index in [0.29, 0.717) is 4.32 Å². The van der Waals surface area contributed by atoms with Gasteiger partial charge >= 0.3 is 0 Å². The predicted octanol–water partition coefficient (Wildman–Crippen LogP) is -0.178. The predicted molar refractivity (Wildman–Crippen MR) is 74.8 cm³/mol. The van der Waals surface area contributed by atoms with Gasteiger partial charge in [0.1, 0.15) is 28.7 Å². The van der Waals surface area contributed by atoms with Crippen molar-refractivity contribution in [2.45, 2.75) is 50.3 Å². The molecule has 0 radical (unpaired) electrons. The van der Waals surface area contributed by atoms with Crippen LogP contribution in [0.5, 0.6) is 0 Å². The average Bonchev–Trinajstić information content (AvgIpc) is 2.80. The van der Waals surface area contributed by atoms with Crippen molar-refractivity contribution in [2.24, 2.45) is 0 Å². The van der Waals surface area contributed by atoms with Crippen LogP contribution in [0.25, 0.3) is 0 Å². The Kier molecular flexibility index (Phi) is 4.71. The largest absolute Gasteiger partial charge is 0.388 e. The highest BCUT2D eigenvalue weighted by molar-refractivity contribution is 8.22. The minimum atomic E-state index is -0.925. The van der Waals surface area contributed by atoms with E-state index < -0.39 is 36.5 Å². The van der Waals surface area contributed by atoms with Crippen LogP contribution in [-0.2, 0) is 14.2 Å². The van der Waals surface area contributed by atoms with E-state index in [-0.39, 0.29) is 6.54 Å². The molecule has 2 saturated heterocycles. The van der Waals surface area contributed by atoms with Gasteiger partial charge in [-0.05, 0) is 20.1 Å². The number of aliphatic hydroxyl groups is 2. The molecule has 0 bridgehead atoms. The standard InChI is InChI=1S/C11H19NO5S2/c1-11(2)16-8-6(14)7(15-9(8)17-11)5(13)4-12-10(18)19-3/h5-9,13-14H,4H2,1-3H3,(H,12,18). The fourth-order valence-corrected chi connectivity index (χ4v) is 2.52. The van der Waals surface area contributed by atoms with Crippen LogP contribution in [0, 0.1) is 0 Å². The lowest BCUT2D eigenvalue weighted by Crippen LogP contribution is -2.45. The molecule has 8 heteroatoms. The molecule has 5 unspecified atom stereocenters. The van der Waals surface area contributed by atoms with Crippen molar-refractivity contribution in [2.75, 3.05) is 12.8 Å². The van der Waals surface area contributed by atoms with Crippen molar-refractivity contribution in [1.82, 2.24) is 5.32 Å². The van der Waals surface area contributed by atoms with E-state index in [2.05, 4.69) is 5.32 Å². The smallest absolute Gasteiger partial charge is 0.190 e. The summed E-state index contributed by atoms with van der Waals surface area (Å²) in [4.78, 5) is 0. The first-order valence-electron chi connectivity index (χ1n) is 6.03. The van der Waals surface area contributed by atoms with Gasteiger partial charge in [-0.1, -0.05) is 12.2 Å². The zero-order valence-corrected chi connectivity index (χ0v) is 12.7. The van der Waals surface area contributed by atoms with Crippen LogP contribution >= 0.6 is 24.0 Å². The molecule has 2 fully saturated rings. The van der Waals surface area contributed by atoms with Gasteiger partial charge in [-0.25, -0.2) is 0 Å². The second-order valence-electron chi connectivity index (χ2n) is 5.00. The van der Waals surface area contributed by atoms with E-state index in [9.17, 15) is 10.2 Å². The first-order valence-corrected chi connectivity index (χ1v) is 7.66. The van der Waals surface area contributed by atoms with Crippen molar-refractivity contribution in [3.63, 3.8) is 0 Å². The summed E-state index contributed by atoms with van der Waals surface area (Å²) in [6, 6.07) is 0. The van der Waals surface area contributed by atoms with E-state index in [1.165, 1.54) is 11.8 Å². The molecule has 0 aromatic rings. The number of aliphatic hydroxyl groups excluding tert-OH is 2. The Hall–Kier alpha value is 0.0400. The van der Waals surface area contributed by atoms with Gasteiger partial charge < -0.3 is 29.7 Å². The summed E-state index contributed by atoms with van der Waals surface area (Å²) in [5, 5.41) is 23.0. The summed E-state index contributed by atoms with van der Waals surface area (Å²) in [6.45, 7) is 3.72. The van der Waals surface area contributed by atoms with Crippen molar-refractivity contribution < 1.29 is 24.4 Å². The van der Waals surface area contributed by atoms with Gasteiger partial charge in [-0.15, -0.1) is 11.8 Å². The van der Waals surface area contributed by atoms with Crippen LogP contribution in [0.2, 0.25) is 0 Å². The Balaban J connectivity index is 1.89. The maximum Gasteiger partial charge on any atom is 0.190 e. The summed E-state index contributed by atoms with van der Waals surface area (Å²) < 4.78 is 17.2. The van der Waals surface area contributed by atoms with Gasteiger partial charge in [-0.2, -0.15) is 0 Å². The second-order valence-corrected chi connectivity index (χ2v) is 6.48. The molecular weight excluding hydrogens is 290 g/mol. The summed E-state index contributed by atoms with van der Waals surface area (Å²) in [7, 11) is 0. The van der Waals surface area contributed by atoms with E-state index in [1.54, 1.807) is 13.8 Å². The zero-order chi connectivity index (χ0) is 14.2. The fraction of sp³-hybridized carbons (Fsp3) is 0.909. The highest BCUT2D eigenvalue weighted by Gasteiger charge is 2.55. The molecule has 0 spiro atoms. The number of thiocarbonyl (C=S) groups is 1. The number of thioether (sulfide) groups is 1. The number of rotatable bonds is 3. The fourth-order valence-electron chi connectivity index (χ4n) is 2.21. The molecule has 2 aliphatic rings. The lowest BCUT2D eigenvalue weighted by Gasteiger charge is -2.26. The maximum atomic E-state index is 10.1. The van der Waals surface area contributed by atoms with Crippen molar-refractivity contribution in [3.05, 3.63) is 0 Å². The molecule has 110 valence electrons. The molecule has 2 rings (SSSR count). The lowest BCUT2D eigenvalue weighted by molar-refractivity contribution is -0.225. The number of ether oxygens (including phenoxy) is 3. The highest BCUT2D eigenvalue weighted by Crippen LogP contribution is 2.38.